The molecule has 0 unspecified atom stereocenters. The number of aryl methyl sites for hydroxylation is 2. The summed E-state index contributed by atoms with van der Waals surface area (Å²) in [5, 5.41) is 4.11. The predicted octanol–water partition coefficient (Wildman–Crippen LogP) is 22.6. The second kappa shape index (κ2) is 19.1. The molecule has 18 rings (SSSR count). The van der Waals surface area contributed by atoms with Crippen molar-refractivity contribution in [3.63, 3.8) is 0 Å². The van der Waals surface area contributed by atoms with Crippen molar-refractivity contribution in [3.05, 3.63) is 318 Å². The lowest BCUT2D eigenvalue weighted by molar-refractivity contribution is 0.665. The van der Waals surface area contributed by atoms with Crippen LogP contribution in [0.4, 0.5) is 62.6 Å². The van der Waals surface area contributed by atoms with E-state index in [1.54, 1.807) is 0 Å². The smallest absolute Gasteiger partial charge is 0.145 e. The molecule has 0 saturated heterocycles. The number of hydrogen-bond acceptors (Lipinski definition) is 6. The highest BCUT2D eigenvalue weighted by atomic mass is 16.3. The molecule has 0 atom stereocenters. The molecule has 4 heterocycles. The van der Waals surface area contributed by atoms with Crippen molar-refractivity contribution in [2.45, 2.75) is 19.3 Å². The highest BCUT2D eigenvalue weighted by Gasteiger charge is 2.56. The average molecular weight is 1130 g/mol. The summed E-state index contributed by atoms with van der Waals surface area (Å²) in [6, 6.07) is 104. The Bertz CT molecular complexity index is 5080. The maximum Gasteiger partial charge on any atom is 0.145 e. The van der Waals surface area contributed by atoms with Crippen LogP contribution in [0.3, 0.4) is 0 Å². The number of rotatable bonds is 8. The first-order valence-corrected chi connectivity index (χ1v) is 30.3. The van der Waals surface area contributed by atoms with Gasteiger partial charge in [0.05, 0.1) is 56.0 Å². The topological polar surface area (TPSA) is 39.2 Å². The van der Waals surface area contributed by atoms with E-state index in [0.29, 0.717) is 0 Å². The van der Waals surface area contributed by atoms with Gasteiger partial charge in [-0.3, -0.25) is 0 Å². The van der Waals surface area contributed by atoms with Crippen molar-refractivity contribution < 1.29 is 8.83 Å². The molecule has 6 nitrogen and oxygen atoms in total. The molecule has 13 aromatic carbocycles. The van der Waals surface area contributed by atoms with Crippen LogP contribution in [0.25, 0.3) is 77.3 Å². The number of nitrogens with zero attached hydrogens (tertiary/aromatic N) is 4. The number of para-hydroxylation sites is 8. The lowest BCUT2D eigenvalue weighted by Crippen LogP contribution is -2.38. The number of fused-ring (bicyclic) bond motifs is 19. The molecule has 6 heteroatoms. The first-order chi connectivity index (χ1) is 43.4. The van der Waals surface area contributed by atoms with E-state index in [4.69, 9.17) is 8.83 Å². The van der Waals surface area contributed by atoms with Crippen LogP contribution in [0, 0.1) is 13.8 Å². The molecule has 0 bridgehead atoms. The zero-order chi connectivity index (χ0) is 58.4. The summed E-state index contributed by atoms with van der Waals surface area (Å²) < 4.78 is 15.4. The molecule has 416 valence electrons. The Morgan fingerprint density at radius 1 is 0.330 bits per heavy atom. The van der Waals surface area contributed by atoms with Crippen LogP contribution >= 0.6 is 0 Å². The van der Waals surface area contributed by atoms with Crippen LogP contribution in [0.15, 0.2) is 294 Å². The molecule has 3 aliphatic rings. The van der Waals surface area contributed by atoms with Gasteiger partial charge in [-0.25, -0.2) is 0 Å². The molecule has 0 amide bonds. The average Bonchev–Trinajstić information content (AvgIpc) is 1.44. The fourth-order valence-corrected chi connectivity index (χ4v) is 15.1. The third-order valence-electron chi connectivity index (χ3n) is 19.0. The maximum atomic E-state index is 7.68. The lowest BCUT2D eigenvalue weighted by atomic mass is 9.64. The first-order valence-electron chi connectivity index (χ1n) is 30.3. The van der Waals surface area contributed by atoms with Crippen molar-refractivity contribution in [2.75, 3.05) is 26.6 Å². The molecule has 15 aromatic rings. The van der Waals surface area contributed by atoms with E-state index in [0.717, 1.165) is 162 Å². The largest absolute Gasteiger partial charge is 0.455 e. The lowest BCUT2D eigenvalue weighted by Gasteiger charge is -2.49. The van der Waals surface area contributed by atoms with Crippen LogP contribution in [0.1, 0.15) is 33.4 Å². The minimum Gasteiger partial charge on any atom is -0.455 e. The SMILES string of the molecule is Cc1ccccc1N(c1ccc(-c2ccccc2)cc1)c1cc2c(c3oc4ccccc4c13)-c1c(cc(N(c3ccc(-c4ccccc4)cc3)c3ccccc3C)c3c1oc1ccccc13)C21c2ccccc2N2c3ccccc3N(C)c3cccc1c32. The Hall–Kier alpha value is -11.3. The zero-order valence-corrected chi connectivity index (χ0v) is 48.7. The van der Waals surface area contributed by atoms with Crippen LogP contribution in [0.2, 0.25) is 0 Å². The van der Waals surface area contributed by atoms with Crippen molar-refractivity contribution in [2.24, 2.45) is 0 Å². The Morgan fingerprint density at radius 2 is 0.739 bits per heavy atom. The third kappa shape index (κ3) is 6.99. The summed E-state index contributed by atoms with van der Waals surface area (Å²) in [6.07, 6.45) is 0. The van der Waals surface area contributed by atoms with Crippen LogP contribution < -0.4 is 19.6 Å². The summed E-state index contributed by atoms with van der Waals surface area (Å²) in [7, 11) is 2.22. The monoisotopic (exact) mass is 1130 g/mol. The Kier molecular flexibility index (Phi) is 10.8. The van der Waals surface area contributed by atoms with Gasteiger partial charge in [0.2, 0.25) is 0 Å². The Labute approximate surface area is 510 Å². The molecule has 0 radical (unpaired) electrons. The van der Waals surface area contributed by atoms with E-state index in [-0.39, 0.29) is 0 Å². The molecule has 88 heavy (non-hydrogen) atoms. The van der Waals surface area contributed by atoms with Gasteiger partial charge < -0.3 is 28.4 Å². The van der Waals surface area contributed by atoms with Gasteiger partial charge in [0.25, 0.3) is 0 Å². The summed E-state index contributed by atoms with van der Waals surface area (Å²) in [4.78, 5) is 9.88. The standard InChI is InChI=1S/C82H56N4O2/c1-51-23-10-15-33-65(51)84(57-45-41-55(42-46-57)53-25-6-4-7-26-53)71-49-63-77(80-75(71)59-29-12-20-39-73(59)87-80)78-64(82(63)61-31-14-17-35-67(61)86-69-37-19-18-36-68(69)83(3)70-38-22-32-62(82)79(70)86)50-72(76-60-30-13-21-40-74(60)88-81(76)78)85(66-34-16-11-24-52(66)2)58-47-43-56(44-48-58)54-27-8-5-9-28-54/h4-50H,1-3H3. The van der Waals surface area contributed by atoms with Gasteiger partial charge in [-0.05, 0) is 154 Å². The van der Waals surface area contributed by atoms with Crippen LogP contribution in [0.5, 0.6) is 0 Å². The normalized spacial score (nSPS) is 13.2. The first kappa shape index (κ1) is 50.0. The van der Waals surface area contributed by atoms with Gasteiger partial charge in [-0.15, -0.1) is 0 Å². The van der Waals surface area contributed by atoms with Gasteiger partial charge >= 0.3 is 0 Å². The van der Waals surface area contributed by atoms with Gasteiger partial charge in [0, 0.05) is 51.7 Å². The van der Waals surface area contributed by atoms with Gasteiger partial charge in [0.15, 0.2) is 0 Å². The summed E-state index contributed by atoms with van der Waals surface area (Å²) >= 11 is 0. The van der Waals surface area contributed by atoms with E-state index in [9.17, 15) is 0 Å². The quantitative estimate of drug-likeness (QED) is 0.151. The summed E-state index contributed by atoms with van der Waals surface area (Å²) in [5.41, 5.74) is 27.6. The Balaban J connectivity index is 1.03. The third-order valence-corrected chi connectivity index (χ3v) is 19.0. The van der Waals surface area contributed by atoms with E-state index < -0.39 is 5.41 Å². The van der Waals surface area contributed by atoms with E-state index in [1.807, 2.05) is 0 Å². The fraction of sp³-hybridized carbons (Fsp3) is 0.0488. The molecule has 2 aliphatic heterocycles. The minimum absolute atomic E-state index is 0.806. The van der Waals surface area contributed by atoms with E-state index in [2.05, 4.69) is 326 Å². The molecule has 2 aromatic heterocycles. The van der Waals surface area contributed by atoms with Crippen molar-refractivity contribution in [3.8, 4) is 33.4 Å². The van der Waals surface area contributed by atoms with Gasteiger partial charge in [-0.2, -0.15) is 0 Å². The molecule has 1 spiro atoms. The van der Waals surface area contributed by atoms with Gasteiger partial charge in [-0.1, -0.05) is 200 Å². The predicted molar refractivity (Wildman–Crippen MR) is 364 cm³/mol. The molecular weight excluding hydrogens is 1070 g/mol. The molecule has 0 N–H and O–H groups in total. The number of hydrogen-bond donors (Lipinski definition) is 0. The molecular formula is C82H56N4O2. The number of anilines is 11. The highest BCUT2D eigenvalue weighted by molar-refractivity contribution is 6.26. The summed E-state index contributed by atoms with van der Waals surface area (Å²) in [5.74, 6) is 0. The van der Waals surface area contributed by atoms with Crippen molar-refractivity contribution in [1.29, 1.82) is 0 Å². The summed E-state index contributed by atoms with van der Waals surface area (Å²) in [6.45, 7) is 4.45. The van der Waals surface area contributed by atoms with Crippen LogP contribution in [-0.4, -0.2) is 7.05 Å². The van der Waals surface area contributed by atoms with Gasteiger partial charge in [0.1, 0.15) is 22.3 Å². The number of furan rings is 2. The van der Waals surface area contributed by atoms with E-state index >= 15 is 0 Å². The van der Waals surface area contributed by atoms with Crippen LogP contribution in [-0.2, 0) is 5.41 Å². The van der Waals surface area contributed by atoms with Crippen molar-refractivity contribution in [1.82, 2.24) is 0 Å². The molecule has 0 saturated carbocycles. The maximum absolute atomic E-state index is 7.68. The van der Waals surface area contributed by atoms with Crippen molar-refractivity contribution >= 4 is 106 Å². The highest BCUT2D eigenvalue weighted by Crippen LogP contribution is 2.70. The minimum atomic E-state index is -0.997. The number of benzene rings is 13. The molecule has 0 fully saturated rings. The zero-order valence-electron chi connectivity index (χ0n) is 48.7. The molecule has 1 aliphatic carbocycles. The second-order valence-electron chi connectivity index (χ2n) is 23.6. The van der Waals surface area contributed by atoms with E-state index in [1.165, 1.54) is 11.1 Å². The second-order valence-corrected chi connectivity index (χ2v) is 23.6. The fourth-order valence-electron chi connectivity index (χ4n) is 15.1. The Morgan fingerprint density at radius 3 is 1.26 bits per heavy atom.